The van der Waals surface area contributed by atoms with Gasteiger partial charge in [0.15, 0.2) is 0 Å². The molecular weight excluding hydrogens is 563 g/mol. The average molecular weight is 583 g/mol. The predicted molar refractivity (Wildman–Crippen MR) is 127 cm³/mol. The normalized spacial score (nSPS) is 13.6. The summed E-state index contributed by atoms with van der Waals surface area (Å²) in [6, 6.07) is 7.20. The third-order valence-electron chi connectivity index (χ3n) is 5.89. The van der Waals surface area contributed by atoms with Crippen LogP contribution in [0.15, 0.2) is 54.6 Å². The van der Waals surface area contributed by atoms with E-state index in [1.165, 1.54) is 12.1 Å². The van der Waals surface area contributed by atoms with E-state index < -0.39 is 57.7 Å². The Labute approximate surface area is 222 Å². The molecule has 1 atom stereocenters. The van der Waals surface area contributed by atoms with Crippen LogP contribution in [0.3, 0.4) is 0 Å². The lowest BCUT2D eigenvalue weighted by molar-refractivity contribution is -0.143. The molecule has 0 spiro atoms. The van der Waals surface area contributed by atoms with E-state index in [0.717, 1.165) is 18.2 Å². The number of halogens is 10. The molecule has 0 aromatic heterocycles. The summed E-state index contributed by atoms with van der Waals surface area (Å²) in [6.45, 7) is 3.41. The number of benzene rings is 3. The lowest BCUT2D eigenvalue weighted by Gasteiger charge is -2.20. The molecule has 0 amide bonds. The first kappa shape index (κ1) is 30.3. The van der Waals surface area contributed by atoms with Gasteiger partial charge in [0.1, 0.15) is 0 Å². The van der Waals surface area contributed by atoms with Crippen molar-refractivity contribution in [2.24, 2.45) is 5.92 Å². The first-order valence-electron chi connectivity index (χ1n) is 11.3. The second-order valence-corrected chi connectivity index (χ2v) is 9.76. The topological polar surface area (TPSA) is 37.3 Å². The summed E-state index contributed by atoms with van der Waals surface area (Å²) in [6.07, 6.45) is -15.1. The summed E-state index contributed by atoms with van der Waals surface area (Å²) >= 11 is 5.69. The van der Waals surface area contributed by atoms with E-state index in [9.17, 15) is 49.4 Å². The zero-order valence-electron chi connectivity index (χ0n) is 20.2. The fraction of sp³-hybridized carbons (Fsp3) is 0.296. The van der Waals surface area contributed by atoms with Crippen LogP contribution in [0.1, 0.15) is 48.4 Å². The molecule has 0 saturated heterocycles. The van der Waals surface area contributed by atoms with E-state index in [1.807, 2.05) is 0 Å². The fourth-order valence-electron chi connectivity index (χ4n) is 4.08. The number of carboxylic acid groups (broad SMARTS) is 1. The second kappa shape index (κ2) is 10.7. The van der Waals surface area contributed by atoms with Crippen LogP contribution in [0.4, 0.5) is 39.5 Å². The van der Waals surface area contributed by atoms with Crippen LogP contribution >= 0.6 is 11.6 Å². The number of rotatable bonds is 6. The second-order valence-electron chi connectivity index (χ2n) is 9.35. The van der Waals surface area contributed by atoms with Gasteiger partial charge in [0, 0.05) is 0 Å². The Balaban J connectivity index is 2.37. The van der Waals surface area contributed by atoms with Crippen LogP contribution in [0.2, 0.25) is 5.02 Å². The van der Waals surface area contributed by atoms with E-state index in [4.69, 9.17) is 11.6 Å². The quantitative estimate of drug-likeness (QED) is 0.294. The third-order valence-corrected chi connectivity index (χ3v) is 6.22. The Morgan fingerprint density at radius 2 is 1.21 bits per heavy atom. The van der Waals surface area contributed by atoms with Gasteiger partial charge in [-0.25, -0.2) is 0 Å². The van der Waals surface area contributed by atoms with Crippen molar-refractivity contribution in [2.45, 2.75) is 44.7 Å². The Bertz CT molecular complexity index is 1340. The molecule has 0 saturated carbocycles. The van der Waals surface area contributed by atoms with Crippen LogP contribution in [0, 0.1) is 5.92 Å². The largest absolute Gasteiger partial charge is 0.481 e. The monoisotopic (exact) mass is 582 g/mol. The molecule has 3 rings (SSSR count). The van der Waals surface area contributed by atoms with Crippen molar-refractivity contribution >= 4 is 17.6 Å². The number of carboxylic acids is 1. The minimum absolute atomic E-state index is 0.00169. The molecule has 0 aliphatic rings. The fourth-order valence-corrected chi connectivity index (χ4v) is 4.31. The maximum absolute atomic E-state index is 13.5. The van der Waals surface area contributed by atoms with Crippen molar-refractivity contribution < 1.29 is 49.4 Å². The molecule has 39 heavy (non-hydrogen) atoms. The number of hydrogen-bond donors (Lipinski definition) is 1. The Morgan fingerprint density at radius 3 is 1.64 bits per heavy atom. The molecule has 0 aliphatic heterocycles. The molecule has 0 bridgehead atoms. The van der Waals surface area contributed by atoms with E-state index >= 15 is 0 Å². The van der Waals surface area contributed by atoms with Gasteiger partial charge in [0.25, 0.3) is 0 Å². The van der Waals surface area contributed by atoms with Gasteiger partial charge in [0.2, 0.25) is 0 Å². The van der Waals surface area contributed by atoms with Gasteiger partial charge >= 0.3 is 24.5 Å². The molecule has 0 aliphatic carbocycles. The smallest absolute Gasteiger partial charge is 0.417 e. The lowest BCUT2D eigenvalue weighted by atomic mass is 9.85. The van der Waals surface area contributed by atoms with E-state index in [1.54, 1.807) is 13.8 Å². The number of carbonyl (C=O) groups is 1. The first-order valence-corrected chi connectivity index (χ1v) is 11.7. The van der Waals surface area contributed by atoms with Crippen molar-refractivity contribution in [3.05, 3.63) is 81.9 Å². The Kier molecular flexibility index (Phi) is 8.36. The predicted octanol–water partition coefficient (Wildman–Crippen LogP) is 9.94. The van der Waals surface area contributed by atoms with Crippen LogP contribution in [-0.4, -0.2) is 11.1 Å². The van der Waals surface area contributed by atoms with Gasteiger partial charge in [-0.2, -0.15) is 39.5 Å². The highest BCUT2D eigenvalue weighted by Crippen LogP contribution is 2.42. The maximum Gasteiger partial charge on any atom is 0.417 e. The van der Waals surface area contributed by atoms with Gasteiger partial charge in [-0.05, 0) is 76.6 Å². The highest BCUT2D eigenvalue weighted by atomic mass is 35.5. The lowest BCUT2D eigenvalue weighted by Crippen LogP contribution is -2.14. The SMILES string of the molecule is CC(C)CC(C(=O)O)c1cc(-c2cc(C(F)(F)F)cc(C(F)(F)F)c2)cc(-c2ccc(Cl)c(C(F)(F)F)c2)c1. The number of aliphatic carboxylic acids is 1. The molecule has 3 aromatic carbocycles. The van der Waals surface area contributed by atoms with Gasteiger partial charge in [-0.3, -0.25) is 4.79 Å². The van der Waals surface area contributed by atoms with Gasteiger partial charge in [-0.15, -0.1) is 0 Å². The zero-order valence-corrected chi connectivity index (χ0v) is 20.9. The molecule has 0 heterocycles. The van der Waals surface area contributed by atoms with Crippen molar-refractivity contribution in [1.82, 2.24) is 0 Å². The molecule has 1 N–H and O–H groups in total. The molecule has 2 nitrogen and oxygen atoms in total. The van der Waals surface area contributed by atoms with Crippen LogP contribution < -0.4 is 0 Å². The maximum atomic E-state index is 13.5. The van der Waals surface area contributed by atoms with Gasteiger partial charge in [-0.1, -0.05) is 43.6 Å². The highest BCUT2D eigenvalue weighted by molar-refractivity contribution is 6.31. The van der Waals surface area contributed by atoms with Crippen molar-refractivity contribution in [1.29, 1.82) is 0 Å². The standard InChI is InChI=1S/C27H20ClF9O2/c1-13(2)5-21(24(38)39)18-7-15(14-3-4-23(28)22(11-14)27(35,36)37)6-16(8-18)17-9-19(25(29,30)31)12-20(10-17)26(32,33)34/h3-4,6-13,21H,5H2,1-2H3,(H,38,39). The number of alkyl halides is 9. The third kappa shape index (κ3) is 7.26. The molecule has 210 valence electrons. The molecule has 0 radical (unpaired) electrons. The van der Waals surface area contributed by atoms with Crippen molar-refractivity contribution in [2.75, 3.05) is 0 Å². The van der Waals surface area contributed by atoms with E-state index in [0.29, 0.717) is 18.2 Å². The summed E-state index contributed by atoms with van der Waals surface area (Å²) in [5, 5.41) is 9.20. The number of hydrogen-bond acceptors (Lipinski definition) is 1. The molecular formula is C27H20ClF9O2. The van der Waals surface area contributed by atoms with Gasteiger partial charge in [0.05, 0.1) is 27.6 Å². The van der Waals surface area contributed by atoms with Crippen LogP contribution in [0.25, 0.3) is 22.3 Å². The molecule has 1 unspecified atom stereocenters. The van der Waals surface area contributed by atoms with Gasteiger partial charge < -0.3 is 5.11 Å². The zero-order chi connectivity index (χ0) is 29.5. The van der Waals surface area contributed by atoms with Crippen LogP contribution in [0.5, 0.6) is 0 Å². The molecule has 0 fully saturated rings. The van der Waals surface area contributed by atoms with Crippen molar-refractivity contribution in [3.63, 3.8) is 0 Å². The van der Waals surface area contributed by atoms with Crippen LogP contribution in [-0.2, 0) is 23.3 Å². The summed E-state index contributed by atoms with van der Waals surface area (Å²) in [5.41, 5.74) is -5.36. The summed E-state index contributed by atoms with van der Waals surface area (Å²) in [7, 11) is 0. The summed E-state index contributed by atoms with van der Waals surface area (Å²) in [4.78, 5) is 12.1. The summed E-state index contributed by atoms with van der Waals surface area (Å²) in [5.74, 6) is -2.75. The molecule has 12 heteroatoms. The Hall–Kier alpha value is -3.21. The van der Waals surface area contributed by atoms with E-state index in [-0.39, 0.29) is 40.7 Å². The van der Waals surface area contributed by atoms with E-state index in [2.05, 4.69) is 0 Å². The van der Waals surface area contributed by atoms with Crippen molar-refractivity contribution in [3.8, 4) is 22.3 Å². The minimum Gasteiger partial charge on any atom is -0.481 e. The highest BCUT2D eigenvalue weighted by Gasteiger charge is 2.37. The average Bonchev–Trinajstić information content (AvgIpc) is 2.80. The first-order chi connectivity index (χ1) is 17.8. The minimum atomic E-state index is -5.14. The summed E-state index contributed by atoms with van der Waals surface area (Å²) < 4.78 is 121. The Morgan fingerprint density at radius 1 is 0.718 bits per heavy atom. The molecule has 3 aromatic rings.